The van der Waals surface area contributed by atoms with E-state index in [-0.39, 0.29) is 19.3 Å². The smallest absolute Gasteiger partial charge is 0.307 e. The van der Waals surface area contributed by atoms with Crippen LogP contribution >= 0.6 is 0 Å². The van der Waals surface area contributed by atoms with Crippen molar-refractivity contribution in [2.75, 3.05) is 6.79 Å². The summed E-state index contributed by atoms with van der Waals surface area (Å²) in [5.74, 6) is -3.02. The predicted molar refractivity (Wildman–Crippen MR) is 175 cm³/mol. The van der Waals surface area contributed by atoms with E-state index in [9.17, 15) is 24.6 Å². The van der Waals surface area contributed by atoms with Gasteiger partial charge in [-0.15, -0.1) is 0 Å². The molecule has 240 valence electrons. The molecule has 1 amide bonds. The molecular weight excluding hydrogens is 600 g/mol. The van der Waals surface area contributed by atoms with Crippen molar-refractivity contribution in [3.05, 3.63) is 108 Å². The second kappa shape index (κ2) is 13.8. The summed E-state index contributed by atoms with van der Waals surface area (Å²) < 4.78 is 17.1. The Kier molecular flexibility index (Phi) is 9.19. The monoisotopic (exact) mass is 634 g/mol. The molecule has 1 aliphatic heterocycles. The Balaban J connectivity index is 1.35. The van der Waals surface area contributed by atoms with Crippen LogP contribution in [0.25, 0.3) is 27.9 Å². The number of nitrogens with zero attached hydrogens (tertiary/aromatic N) is 2. The molecular formula is C37H34N2O8. The zero-order valence-electron chi connectivity index (χ0n) is 25.7. The van der Waals surface area contributed by atoms with Gasteiger partial charge in [0.25, 0.3) is 0 Å². The molecule has 0 fully saturated rings. The fourth-order valence-corrected chi connectivity index (χ4v) is 6.03. The van der Waals surface area contributed by atoms with E-state index in [0.717, 1.165) is 27.4 Å². The van der Waals surface area contributed by atoms with Crippen molar-refractivity contribution in [2.45, 2.75) is 44.7 Å². The highest BCUT2D eigenvalue weighted by Crippen LogP contribution is 2.38. The molecule has 0 saturated heterocycles. The Labute approximate surface area is 270 Å². The van der Waals surface area contributed by atoms with Gasteiger partial charge in [0.2, 0.25) is 18.6 Å². The quantitative estimate of drug-likeness (QED) is 0.142. The number of carboxylic acids is 2. The number of hydrogen-bond acceptors (Lipinski definition) is 7. The number of rotatable bonds is 13. The van der Waals surface area contributed by atoms with Crippen LogP contribution < -0.4 is 9.47 Å². The van der Waals surface area contributed by atoms with E-state index in [2.05, 4.69) is 4.98 Å². The highest BCUT2D eigenvalue weighted by molar-refractivity contribution is 5.86. The van der Waals surface area contributed by atoms with Crippen molar-refractivity contribution in [2.24, 2.45) is 5.92 Å². The molecule has 5 aromatic rings. The number of benzene rings is 4. The second-order valence-corrected chi connectivity index (χ2v) is 11.7. The molecule has 1 aromatic heterocycles. The second-order valence-electron chi connectivity index (χ2n) is 11.7. The number of allylic oxidation sites excluding steroid dienone is 1. The van der Waals surface area contributed by atoms with Gasteiger partial charge < -0.3 is 29.0 Å². The van der Waals surface area contributed by atoms with Gasteiger partial charge in [0.1, 0.15) is 5.52 Å². The van der Waals surface area contributed by atoms with Gasteiger partial charge in [0.15, 0.2) is 17.1 Å². The maximum Gasteiger partial charge on any atom is 0.307 e. The number of amides is 1. The predicted octanol–water partition coefficient (Wildman–Crippen LogP) is 6.88. The van der Waals surface area contributed by atoms with Crippen LogP contribution in [0, 0.1) is 5.92 Å². The average Bonchev–Trinajstić information content (AvgIpc) is 3.71. The number of ether oxygens (including phenoxy) is 2. The average molecular weight is 635 g/mol. The van der Waals surface area contributed by atoms with E-state index in [1.165, 1.54) is 0 Å². The lowest BCUT2D eigenvalue weighted by atomic mass is 9.87. The zero-order valence-corrected chi connectivity index (χ0v) is 25.7. The van der Waals surface area contributed by atoms with Crippen LogP contribution in [0.1, 0.15) is 49.1 Å². The molecule has 0 bridgehead atoms. The van der Waals surface area contributed by atoms with Gasteiger partial charge in [0, 0.05) is 24.9 Å². The minimum absolute atomic E-state index is 0.114. The van der Waals surface area contributed by atoms with Crippen molar-refractivity contribution in [3.63, 3.8) is 0 Å². The highest BCUT2D eigenvalue weighted by atomic mass is 16.7. The van der Waals surface area contributed by atoms with Gasteiger partial charge >= 0.3 is 11.9 Å². The molecule has 0 spiro atoms. The van der Waals surface area contributed by atoms with Crippen LogP contribution in [0.15, 0.2) is 95.4 Å². The van der Waals surface area contributed by atoms with Gasteiger partial charge in [-0.25, -0.2) is 4.98 Å². The van der Waals surface area contributed by atoms with Crippen LogP contribution in [-0.2, 0) is 20.9 Å². The number of aromatic nitrogens is 1. The van der Waals surface area contributed by atoms with Crippen molar-refractivity contribution in [1.29, 1.82) is 0 Å². The SMILES string of the molecule is C[C@H]([C@H](C/C=C\c1nc2ccccc2o1)c1ccc2c(c1)OCO2)N(Cc1ccc2ccccc2c1)C(=O)C[C@H](CC(=O)O)C(=O)O. The lowest BCUT2D eigenvalue weighted by Gasteiger charge is -2.36. The Morgan fingerprint density at radius 2 is 1.66 bits per heavy atom. The number of carboxylic acid groups (broad SMARTS) is 2. The minimum atomic E-state index is -1.37. The standard InChI is InChI=1S/C37H34N2O8/c1-23(39(35(40)19-28(37(43)44)20-36(41)42)21-24-13-14-25-7-2-3-8-26(25)17-24)29(27-15-16-32-33(18-27)46-22-45-32)9-6-12-34-38-30-10-4-5-11-31(30)47-34/h2-8,10-18,23,28-29H,9,19-22H2,1H3,(H,41,42)(H,43,44)/b12-6-/t23-,28-,29+/m1/s1. The minimum Gasteiger partial charge on any atom is -0.481 e. The van der Waals surface area contributed by atoms with Crippen molar-refractivity contribution in [3.8, 4) is 11.5 Å². The first kappa shape index (κ1) is 31.3. The normalized spacial score (nSPS) is 14.3. The first-order valence-corrected chi connectivity index (χ1v) is 15.4. The van der Waals surface area contributed by atoms with Crippen molar-refractivity contribution >= 4 is 45.8 Å². The van der Waals surface area contributed by atoms with Crippen molar-refractivity contribution in [1.82, 2.24) is 9.88 Å². The molecule has 3 atom stereocenters. The summed E-state index contributed by atoms with van der Waals surface area (Å²) in [6.07, 6.45) is 3.11. The lowest BCUT2D eigenvalue weighted by Crippen LogP contribution is -2.43. The number of oxazole rings is 1. The summed E-state index contributed by atoms with van der Waals surface area (Å²) in [6, 6.07) is 26.6. The fraction of sp³-hybridized carbons (Fsp3) is 0.243. The maximum atomic E-state index is 14.0. The highest BCUT2D eigenvalue weighted by Gasteiger charge is 2.33. The van der Waals surface area contributed by atoms with E-state index in [4.69, 9.17) is 13.9 Å². The van der Waals surface area contributed by atoms with E-state index in [0.29, 0.717) is 29.4 Å². The van der Waals surface area contributed by atoms with Crippen LogP contribution in [0.4, 0.5) is 0 Å². The Morgan fingerprint density at radius 1 is 0.894 bits per heavy atom. The number of carbonyl (C=O) groups is 3. The number of aliphatic carboxylic acids is 2. The fourth-order valence-electron chi connectivity index (χ4n) is 6.03. The van der Waals surface area contributed by atoms with Gasteiger partial charge in [-0.05, 0) is 71.7 Å². The molecule has 47 heavy (non-hydrogen) atoms. The molecule has 4 aromatic carbocycles. The molecule has 0 radical (unpaired) electrons. The molecule has 1 aliphatic rings. The molecule has 0 aliphatic carbocycles. The third-order valence-corrected chi connectivity index (χ3v) is 8.54. The van der Waals surface area contributed by atoms with E-state index < -0.39 is 42.6 Å². The molecule has 10 nitrogen and oxygen atoms in total. The number of hydrogen-bond donors (Lipinski definition) is 2. The maximum absolute atomic E-state index is 14.0. The number of carbonyl (C=O) groups excluding carboxylic acids is 1. The largest absolute Gasteiger partial charge is 0.481 e. The summed E-state index contributed by atoms with van der Waals surface area (Å²) in [4.78, 5) is 43.7. The Morgan fingerprint density at radius 3 is 2.45 bits per heavy atom. The Bertz CT molecular complexity index is 1930. The van der Waals surface area contributed by atoms with Gasteiger partial charge in [-0.1, -0.05) is 60.7 Å². The van der Waals surface area contributed by atoms with E-state index in [1.54, 1.807) is 11.0 Å². The van der Waals surface area contributed by atoms with E-state index >= 15 is 0 Å². The number of fused-ring (bicyclic) bond motifs is 3. The molecule has 10 heteroatoms. The zero-order chi connectivity index (χ0) is 32.9. The van der Waals surface area contributed by atoms with Crippen LogP contribution in [0.5, 0.6) is 11.5 Å². The van der Waals surface area contributed by atoms with Crippen LogP contribution in [0.3, 0.4) is 0 Å². The van der Waals surface area contributed by atoms with Gasteiger partial charge in [-0.3, -0.25) is 14.4 Å². The summed E-state index contributed by atoms with van der Waals surface area (Å²) >= 11 is 0. The number of para-hydroxylation sites is 2. The van der Waals surface area contributed by atoms with E-state index in [1.807, 2.05) is 97.9 Å². The molecule has 2 N–H and O–H groups in total. The first-order valence-electron chi connectivity index (χ1n) is 15.4. The Hall–Kier alpha value is -5.64. The molecule has 0 saturated carbocycles. The molecule has 0 unspecified atom stereocenters. The molecule has 2 heterocycles. The van der Waals surface area contributed by atoms with Crippen LogP contribution in [-0.4, -0.2) is 50.8 Å². The lowest BCUT2D eigenvalue weighted by molar-refractivity contribution is -0.151. The third kappa shape index (κ3) is 7.27. The summed E-state index contributed by atoms with van der Waals surface area (Å²) in [7, 11) is 0. The summed E-state index contributed by atoms with van der Waals surface area (Å²) in [6.45, 7) is 2.23. The topological polar surface area (TPSA) is 139 Å². The van der Waals surface area contributed by atoms with Crippen molar-refractivity contribution < 1.29 is 38.5 Å². The first-order chi connectivity index (χ1) is 22.7. The summed E-state index contributed by atoms with van der Waals surface area (Å²) in [5, 5.41) is 21.2. The van der Waals surface area contributed by atoms with Gasteiger partial charge in [-0.2, -0.15) is 0 Å². The summed E-state index contributed by atoms with van der Waals surface area (Å²) in [5.41, 5.74) is 3.17. The van der Waals surface area contributed by atoms with Crippen LogP contribution in [0.2, 0.25) is 0 Å². The third-order valence-electron chi connectivity index (χ3n) is 8.54. The van der Waals surface area contributed by atoms with Gasteiger partial charge in [0.05, 0.1) is 12.3 Å². The molecule has 6 rings (SSSR count).